The molecule has 1 heterocycles. The summed E-state index contributed by atoms with van der Waals surface area (Å²) < 4.78 is 0. The molecule has 2 saturated carbocycles. The van der Waals surface area contributed by atoms with Crippen molar-refractivity contribution in [2.45, 2.75) is 82.7 Å². The highest BCUT2D eigenvalue weighted by Gasteiger charge is 2.31. The van der Waals surface area contributed by atoms with Gasteiger partial charge in [0, 0.05) is 31.8 Å². The third-order valence-corrected chi connectivity index (χ3v) is 6.36. The second-order valence-corrected chi connectivity index (χ2v) is 8.12. The Kier molecular flexibility index (Phi) is 6.58. The van der Waals surface area contributed by atoms with Gasteiger partial charge in [0.1, 0.15) is 0 Å². The first-order chi connectivity index (χ1) is 10.8. The van der Waals surface area contributed by atoms with E-state index in [2.05, 4.69) is 10.2 Å². The predicted octanol–water partition coefficient (Wildman–Crippen LogP) is 3.17. The molecule has 0 spiro atoms. The van der Waals surface area contributed by atoms with E-state index in [9.17, 15) is 5.11 Å². The lowest BCUT2D eigenvalue weighted by Gasteiger charge is -2.43. The fourth-order valence-electron chi connectivity index (χ4n) is 5.07. The number of nitrogens with zero attached hydrogens (tertiary/aromatic N) is 1. The molecule has 1 aliphatic heterocycles. The van der Waals surface area contributed by atoms with Gasteiger partial charge in [-0.1, -0.05) is 32.1 Å². The third-order valence-electron chi connectivity index (χ3n) is 6.36. The second kappa shape index (κ2) is 8.65. The fourth-order valence-corrected chi connectivity index (χ4v) is 5.07. The van der Waals surface area contributed by atoms with Crippen molar-refractivity contribution in [1.29, 1.82) is 0 Å². The average Bonchev–Trinajstić information content (AvgIpc) is 3.07. The number of nitrogens with one attached hydrogen (secondary N) is 1. The van der Waals surface area contributed by atoms with Crippen LogP contribution in [0.4, 0.5) is 0 Å². The van der Waals surface area contributed by atoms with Crippen LogP contribution in [0, 0.1) is 11.8 Å². The highest BCUT2D eigenvalue weighted by atomic mass is 16.3. The lowest BCUT2D eigenvalue weighted by atomic mass is 9.87. The van der Waals surface area contributed by atoms with Gasteiger partial charge < -0.3 is 10.4 Å². The van der Waals surface area contributed by atoms with Crippen LogP contribution in [0.3, 0.4) is 0 Å². The summed E-state index contributed by atoms with van der Waals surface area (Å²) in [7, 11) is 0. The van der Waals surface area contributed by atoms with Crippen molar-refractivity contribution in [3.05, 3.63) is 0 Å². The van der Waals surface area contributed by atoms with Crippen LogP contribution in [0.2, 0.25) is 0 Å². The first-order valence-electron chi connectivity index (χ1n) is 9.93. The second-order valence-electron chi connectivity index (χ2n) is 8.12. The fraction of sp³-hybridized carbons (Fsp3) is 1.00. The monoisotopic (exact) mass is 308 g/mol. The average molecular weight is 309 g/mol. The molecule has 2 unspecified atom stereocenters. The number of hydrogen-bond donors (Lipinski definition) is 2. The van der Waals surface area contributed by atoms with Gasteiger partial charge in [-0.2, -0.15) is 0 Å². The van der Waals surface area contributed by atoms with Gasteiger partial charge in [0.15, 0.2) is 0 Å². The summed E-state index contributed by atoms with van der Waals surface area (Å²) in [5.74, 6) is 1.63. The zero-order valence-electron chi connectivity index (χ0n) is 14.3. The highest BCUT2D eigenvalue weighted by molar-refractivity contribution is 4.88. The van der Waals surface area contributed by atoms with Gasteiger partial charge in [0.05, 0.1) is 0 Å². The summed E-state index contributed by atoms with van der Waals surface area (Å²) in [4.78, 5) is 2.77. The Morgan fingerprint density at radius 3 is 2.32 bits per heavy atom. The Bertz CT molecular complexity index is 311. The zero-order chi connectivity index (χ0) is 15.2. The number of aliphatic hydroxyl groups is 1. The summed E-state index contributed by atoms with van der Waals surface area (Å²) >= 11 is 0. The lowest BCUT2D eigenvalue weighted by Crippen LogP contribution is -2.53. The van der Waals surface area contributed by atoms with Crippen LogP contribution in [0.15, 0.2) is 0 Å². The van der Waals surface area contributed by atoms with E-state index in [0.717, 1.165) is 18.4 Å². The van der Waals surface area contributed by atoms with Crippen molar-refractivity contribution < 1.29 is 5.11 Å². The topological polar surface area (TPSA) is 35.5 Å². The summed E-state index contributed by atoms with van der Waals surface area (Å²) in [6.45, 7) is 4.07. The van der Waals surface area contributed by atoms with Crippen LogP contribution in [-0.4, -0.2) is 48.3 Å². The predicted molar refractivity (Wildman–Crippen MR) is 92.0 cm³/mol. The van der Waals surface area contributed by atoms with Crippen LogP contribution < -0.4 is 5.32 Å². The van der Waals surface area contributed by atoms with Crippen LogP contribution >= 0.6 is 0 Å². The summed E-state index contributed by atoms with van der Waals surface area (Å²) in [6, 6.07) is 1.49. The van der Waals surface area contributed by atoms with E-state index < -0.39 is 0 Å². The SMILES string of the molecule is OCCC1CC(NCC2CCCC2)CN(C2CCCCC2)C1. The Labute approximate surface area is 136 Å². The van der Waals surface area contributed by atoms with Gasteiger partial charge >= 0.3 is 0 Å². The van der Waals surface area contributed by atoms with Gasteiger partial charge in [-0.05, 0) is 56.9 Å². The third kappa shape index (κ3) is 4.69. The summed E-state index contributed by atoms with van der Waals surface area (Å²) in [5, 5.41) is 13.3. The Morgan fingerprint density at radius 2 is 1.59 bits per heavy atom. The number of hydrogen-bond acceptors (Lipinski definition) is 3. The van der Waals surface area contributed by atoms with E-state index in [1.165, 1.54) is 83.8 Å². The van der Waals surface area contributed by atoms with E-state index in [-0.39, 0.29) is 0 Å². The molecule has 3 rings (SSSR count). The number of rotatable bonds is 6. The van der Waals surface area contributed by atoms with E-state index in [1.807, 2.05) is 0 Å². The number of likely N-dealkylation sites (tertiary alicyclic amines) is 1. The smallest absolute Gasteiger partial charge is 0.0434 e. The van der Waals surface area contributed by atoms with Gasteiger partial charge in [-0.25, -0.2) is 0 Å². The molecule has 3 fully saturated rings. The minimum atomic E-state index is 0.360. The number of piperidine rings is 1. The van der Waals surface area contributed by atoms with Crippen LogP contribution in [0.25, 0.3) is 0 Å². The van der Waals surface area contributed by atoms with Crippen molar-refractivity contribution in [2.24, 2.45) is 11.8 Å². The van der Waals surface area contributed by atoms with Crippen LogP contribution in [0.1, 0.15) is 70.6 Å². The van der Waals surface area contributed by atoms with E-state index in [0.29, 0.717) is 18.6 Å². The molecule has 0 radical (unpaired) electrons. The standard InChI is InChI=1S/C19H36N2O/c22-11-10-17-12-18(20-13-16-6-4-5-7-16)15-21(14-17)19-8-2-1-3-9-19/h16-20,22H,1-15H2. The maximum absolute atomic E-state index is 9.36. The van der Waals surface area contributed by atoms with Crippen molar-refractivity contribution in [3.63, 3.8) is 0 Å². The van der Waals surface area contributed by atoms with Crippen molar-refractivity contribution >= 4 is 0 Å². The molecule has 3 heteroatoms. The highest BCUT2D eigenvalue weighted by Crippen LogP contribution is 2.29. The Hall–Kier alpha value is -0.120. The normalized spacial score (nSPS) is 32.6. The maximum Gasteiger partial charge on any atom is 0.0434 e. The zero-order valence-corrected chi connectivity index (χ0v) is 14.3. The molecule has 2 aliphatic carbocycles. The van der Waals surface area contributed by atoms with Crippen molar-refractivity contribution in [3.8, 4) is 0 Å². The molecular formula is C19H36N2O. The Morgan fingerprint density at radius 1 is 0.864 bits per heavy atom. The largest absolute Gasteiger partial charge is 0.396 e. The van der Waals surface area contributed by atoms with E-state index in [1.54, 1.807) is 0 Å². The van der Waals surface area contributed by atoms with Crippen LogP contribution in [-0.2, 0) is 0 Å². The molecule has 0 aromatic rings. The summed E-state index contributed by atoms with van der Waals surface area (Å²) in [6.07, 6.45) is 15.1. The van der Waals surface area contributed by atoms with E-state index >= 15 is 0 Å². The maximum atomic E-state index is 9.36. The molecule has 2 N–H and O–H groups in total. The quantitative estimate of drug-likeness (QED) is 0.791. The van der Waals surface area contributed by atoms with Gasteiger partial charge in [-0.15, -0.1) is 0 Å². The molecular weight excluding hydrogens is 272 g/mol. The van der Waals surface area contributed by atoms with E-state index in [4.69, 9.17) is 0 Å². The lowest BCUT2D eigenvalue weighted by molar-refractivity contribution is 0.0668. The van der Waals surface area contributed by atoms with Crippen LogP contribution in [0.5, 0.6) is 0 Å². The Balaban J connectivity index is 1.51. The van der Waals surface area contributed by atoms with Gasteiger partial charge in [0.2, 0.25) is 0 Å². The molecule has 0 amide bonds. The molecule has 1 saturated heterocycles. The molecule has 0 bridgehead atoms. The summed E-state index contributed by atoms with van der Waals surface area (Å²) in [5.41, 5.74) is 0. The van der Waals surface area contributed by atoms with Crippen molar-refractivity contribution in [2.75, 3.05) is 26.2 Å². The minimum absolute atomic E-state index is 0.360. The number of aliphatic hydroxyl groups excluding tert-OH is 1. The molecule has 3 aliphatic rings. The molecule has 3 nitrogen and oxygen atoms in total. The molecule has 0 aromatic carbocycles. The minimum Gasteiger partial charge on any atom is -0.396 e. The van der Waals surface area contributed by atoms with Crippen molar-refractivity contribution in [1.82, 2.24) is 10.2 Å². The van der Waals surface area contributed by atoms with Gasteiger partial charge in [0.25, 0.3) is 0 Å². The van der Waals surface area contributed by atoms with Gasteiger partial charge in [-0.3, -0.25) is 4.90 Å². The molecule has 128 valence electrons. The molecule has 22 heavy (non-hydrogen) atoms. The first kappa shape index (κ1) is 16.7. The molecule has 2 atom stereocenters. The first-order valence-corrected chi connectivity index (χ1v) is 9.93. The molecule has 0 aromatic heterocycles.